The van der Waals surface area contributed by atoms with Gasteiger partial charge in [-0.1, -0.05) is 6.07 Å². The van der Waals surface area contributed by atoms with Gasteiger partial charge in [0.05, 0.1) is 10.9 Å². The predicted molar refractivity (Wildman–Crippen MR) is 71.7 cm³/mol. The van der Waals surface area contributed by atoms with Crippen molar-refractivity contribution in [3.63, 3.8) is 0 Å². The fourth-order valence-electron chi connectivity index (χ4n) is 2.14. The Bertz CT molecular complexity index is 972. The van der Waals surface area contributed by atoms with Crippen LogP contribution in [-0.4, -0.2) is 29.1 Å². The smallest absolute Gasteiger partial charge is 0.267 e. The molecule has 0 saturated carbocycles. The largest absolute Gasteiger partial charge is 0.268 e. The molecule has 7 nitrogen and oxygen atoms in total. The minimum Gasteiger partial charge on any atom is -0.268 e. The van der Waals surface area contributed by atoms with Crippen molar-refractivity contribution >= 4 is 16.7 Å². The minimum atomic E-state index is -0.189. The van der Waals surface area contributed by atoms with E-state index in [9.17, 15) is 4.79 Å². The second-order valence-corrected chi connectivity index (χ2v) is 4.21. The Balaban J connectivity index is 2.10. The summed E-state index contributed by atoms with van der Waals surface area (Å²) in [5.41, 5.74) is 0.482. The number of pyridine rings is 2. The van der Waals surface area contributed by atoms with Crippen molar-refractivity contribution in [1.82, 2.24) is 29.1 Å². The third kappa shape index (κ3) is 1.43. The monoisotopic (exact) mass is 264 g/mol. The lowest BCUT2D eigenvalue weighted by molar-refractivity contribution is 0.934. The summed E-state index contributed by atoms with van der Waals surface area (Å²) < 4.78 is 3.02. The van der Waals surface area contributed by atoms with Gasteiger partial charge in [0.2, 0.25) is 0 Å². The molecule has 0 N–H and O–H groups in total. The fourth-order valence-corrected chi connectivity index (χ4v) is 2.14. The summed E-state index contributed by atoms with van der Waals surface area (Å²) in [6.07, 6.45) is 6.24. The maximum atomic E-state index is 12.5. The molecule has 0 spiro atoms. The van der Waals surface area contributed by atoms with Gasteiger partial charge in [-0.25, -0.2) is 9.97 Å². The quantitative estimate of drug-likeness (QED) is 0.508. The van der Waals surface area contributed by atoms with Crippen LogP contribution in [0.25, 0.3) is 22.5 Å². The van der Waals surface area contributed by atoms with Crippen LogP contribution in [-0.2, 0) is 0 Å². The zero-order chi connectivity index (χ0) is 13.5. The lowest BCUT2D eigenvalue weighted by Gasteiger charge is -2.06. The number of aromatic nitrogens is 6. The highest BCUT2D eigenvalue weighted by Gasteiger charge is 2.09. The summed E-state index contributed by atoms with van der Waals surface area (Å²) in [6.45, 7) is 0. The van der Waals surface area contributed by atoms with Gasteiger partial charge < -0.3 is 0 Å². The predicted octanol–water partition coefficient (Wildman–Crippen LogP) is 0.823. The number of nitrogens with zero attached hydrogens (tertiary/aromatic N) is 6. The third-order valence-corrected chi connectivity index (χ3v) is 3.07. The van der Waals surface area contributed by atoms with Crippen LogP contribution in [0.4, 0.5) is 0 Å². The van der Waals surface area contributed by atoms with E-state index in [0.29, 0.717) is 22.5 Å². The van der Waals surface area contributed by atoms with Crippen molar-refractivity contribution in [2.45, 2.75) is 0 Å². The summed E-state index contributed by atoms with van der Waals surface area (Å²) in [7, 11) is 0. The van der Waals surface area contributed by atoms with Crippen LogP contribution in [0.15, 0.2) is 54.0 Å². The van der Waals surface area contributed by atoms with Crippen molar-refractivity contribution in [1.29, 1.82) is 0 Å². The minimum absolute atomic E-state index is 0.189. The van der Waals surface area contributed by atoms with Gasteiger partial charge in [0.25, 0.3) is 11.3 Å². The molecule has 4 heterocycles. The molecule has 0 bridgehead atoms. The SMILES string of the molecule is O=c1c2cnc3ncnn3c2ccn1-c1ccccn1. The molecule has 96 valence electrons. The highest BCUT2D eigenvalue weighted by Crippen LogP contribution is 2.10. The molecule has 20 heavy (non-hydrogen) atoms. The lowest BCUT2D eigenvalue weighted by atomic mass is 10.3. The highest BCUT2D eigenvalue weighted by molar-refractivity contribution is 5.78. The number of hydrogen-bond donors (Lipinski definition) is 0. The number of rotatable bonds is 1. The summed E-state index contributed by atoms with van der Waals surface area (Å²) in [6, 6.07) is 7.21. The van der Waals surface area contributed by atoms with Gasteiger partial charge in [0, 0.05) is 18.6 Å². The fraction of sp³-hybridized carbons (Fsp3) is 0. The van der Waals surface area contributed by atoms with Crippen molar-refractivity contribution in [2.24, 2.45) is 0 Å². The Morgan fingerprint density at radius 1 is 1.05 bits per heavy atom. The van der Waals surface area contributed by atoms with E-state index in [2.05, 4.69) is 20.1 Å². The molecule has 0 aromatic carbocycles. The molecule has 4 aromatic rings. The first-order valence-electron chi connectivity index (χ1n) is 5.96. The Labute approximate surface area is 112 Å². The molecule has 0 saturated heterocycles. The van der Waals surface area contributed by atoms with E-state index in [0.717, 1.165) is 0 Å². The molecule has 0 atom stereocenters. The van der Waals surface area contributed by atoms with Crippen LogP contribution in [0.1, 0.15) is 0 Å². The molecule has 0 aliphatic rings. The van der Waals surface area contributed by atoms with Crippen molar-refractivity contribution < 1.29 is 0 Å². The van der Waals surface area contributed by atoms with Crippen LogP contribution in [0.5, 0.6) is 0 Å². The first kappa shape index (κ1) is 10.8. The molecule has 0 unspecified atom stereocenters. The van der Waals surface area contributed by atoms with Crippen LogP contribution in [0, 0.1) is 0 Å². The van der Waals surface area contributed by atoms with Gasteiger partial charge in [-0.05, 0) is 18.2 Å². The average Bonchev–Trinajstić information content (AvgIpc) is 2.97. The summed E-state index contributed by atoms with van der Waals surface area (Å²) in [5, 5.41) is 4.54. The van der Waals surface area contributed by atoms with E-state index in [1.807, 2.05) is 6.07 Å². The molecule has 7 heteroatoms. The first-order valence-corrected chi connectivity index (χ1v) is 5.96. The van der Waals surface area contributed by atoms with Gasteiger partial charge >= 0.3 is 0 Å². The molecule has 0 aliphatic heterocycles. The van der Waals surface area contributed by atoms with Gasteiger partial charge in [-0.15, -0.1) is 0 Å². The number of hydrogen-bond acceptors (Lipinski definition) is 5. The lowest BCUT2D eigenvalue weighted by Crippen LogP contribution is -2.19. The van der Waals surface area contributed by atoms with Gasteiger partial charge in [0.15, 0.2) is 0 Å². The summed E-state index contributed by atoms with van der Waals surface area (Å²) in [5.74, 6) is 1.03. The Morgan fingerprint density at radius 3 is 2.85 bits per heavy atom. The van der Waals surface area contributed by atoms with E-state index < -0.39 is 0 Å². The van der Waals surface area contributed by atoms with E-state index >= 15 is 0 Å². The van der Waals surface area contributed by atoms with Crippen LogP contribution >= 0.6 is 0 Å². The van der Waals surface area contributed by atoms with E-state index in [4.69, 9.17) is 0 Å². The molecule has 4 aromatic heterocycles. The van der Waals surface area contributed by atoms with Crippen molar-refractivity contribution in [3.05, 3.63) is 59.5 Å². The Hall–Kier alpha value is -3.09. The normalized spacial score (nSPS) is 11.2. The molecule has 0 aliphatic carbocycles. The summed E-state index contributed by atoms with van der Waals surface area (Å²) >= 11 is 0. The van der Waals surface area contributed by atoms with Crippen molar-refractivity contribution in [3.8, 4) is 5.82 Å². The zero-order valence-corrected chi connectivity index (χ0v) is 10.2. The molecular formula is C13H8N6O. The van der Waals surface area contributed by atoms with E-state index in [1.165, 1.54) is 17.1 Å². The van der Waals surface area contributed by atoms with Crippen LogP contribution in [0.2, 0.25) is 0 Å². The molecule has 0 radical (unpaired) electrons. The highest BCUT2D eigenvalue weighted by atomic mass is 16.1. The maximum absolute atomic E-state index is 12.5. The second kappa shape index (κ2) is 3.95. The van der Waals surface area contributed by atoms with E-state index in [-0.39, 0.29) is 5.56 Å². The second-order valence-electron chi connectivity index (χ2n) is 4.21. The molecule has 0 amide bonds. The average molecular weight is 264 g/mol. The van der Waals surface area contributed by atoms with Gasteiger partial charge in [-0.2, -0.15) is 14.6 Å². The Kier molecular flexibility index (Phi) is 2.13. The maximum Gasteiger partial charge on any atom is 0.267 e. The topological polar surface area (TPSA) is 78.0 Å². The standard InChI is InChI=1S/C13H8N6O/c20-12-9-7-15-13-16-8-17-19(13)10(9)4-6-18(12)11-3-1-2-5-14-11/h1-8H. The first-order chi connectivity index (χ1) is 9.84. The molecule has 0 fully saturated rings. The molecular weight excluding hydrogens is 256 g/mol. The van der Waals surface area contributed by atoms with Crippen LogP contribution < -0.4 is 5.56 Å². The molecule has 4 rings (SSSR count). The zero-order valence-electron chi connectivity index (χ0n) is 10.2. The number of fused-ring (bicyclic) bond motifs is 3. The van der Waals surface area contributed by atoms with E-state index in [1.54, 1.807) is 35.1 Å². The van der Waals surface area contributed by atoms with Crippen LogP contribution in [0.3, 0.4) is 0 Å². The Morgan fingerprint density at radius 2 is 2.00 bits per heavy atom. The summed E-state index contributed by atoms with van der Waals surface area (Å²) in [4.78, 5) is 24.8. The van der Waals surface area contributed by atoms with Gasteiger partial charge in [0.1, 0.15) is 12.1 Å². The van der Waals surface area contributed by atoms with Crippen molar-refractivity contribution in [2.75, 3.05) is 0 Å². The third-order valence-electron chi connectivity index (χ3n) is 3.07. The van der Waals surface area contributed by atoms with Gasteiger partial charge in [-0.3, -0.25) is 9.36 Å².